The molecule has 4 heteroatoms. The third-order valence-corrected chi connectivity index (χ3v) is 3.09. The quantitative estimate of drug-likeness (QED) is 0.707. The van der Waals surface area contributed by atoms with Crippen LogP contribution in [-0.2, 0) is 6.42 Å². The van der Waals surface area contributed by atoms with Crippen LogP contribution >= 0.6 is 0 Å². The Labute approximate surface area is 117 Å². The number of benzene rings is 1. The second kappa shape index (κ2) is 7.08. The number of aromatic nitrogens is 2. The van der Waals surface area contributed by atoms with Crippen LogP contribution in [0.5, 0.6) is 0 Å². The minimum absolute atomic E-state index is 0.189. The van der Waals surface area contributed by atoms with Gasteiger partial charge in [-0.3, -0.25) is 0 Å². The maximum Gasteiger partial charge on any atom is 0.280 e. The minimum atomic E-state index is -2.56. The van der Waals surface area contributed by atoms with Crippen LogP contribution in [0.2, 0.25) is 0 Å². The third-order valence-electron chi connectivity index (χ3n) is 3.09. The molecule has 0 saturated carbocycles. The Balaban J connectivity index is 2.31. The van der Waals surface area contributed by atoms with E-state index in [1.807, 2.05) is 30.3 Å². The van der Waals surface area contributed by atoms with Crippen molar-refractivity contribution in [2.24, 2.45) is 0 Å². The normalized spacial score (nSPS) is 11.0. The first-order valence-electron chi connectivity index (χ1n) is 6.92. The van der Waals surface area contributed by atoms with Gasteiger partial charge in [0.25, 0.3) is 6.43 Å². The average molecular weight is 276 g/mol. The summed E-state index contributed by atoms with van der Waals surface area (Å²) in [7, 11) is 0. The van der Waals surface area contributed by atoms with Gasteiger partial charge in [-0.15, -0.1) is 0 Å². The fourth-order valence-corrected chi connectivity index (χ4v) is 2.03. The van der Waals surface area contributed by atoms with Crippen LogP contribution in [0.15, 0.2) is 36.4 Å². The first kappa shape index (κ1) is 14.6. The standard InChI is InChI=1S/C16H18F2N2/c1-2-3-5-10-13-11-14(15(17)18)20-16(19-13)12-8-6-4-7-9-12/h4,6-9,11,15H,2-3,5,10H2,1H3. The Morgan fingerprint density at radius 3 is 2.45 bits per heavy atom. The monoisotopic (exact) mass is 276 g/mol. The fraction of sp³-hybridized carbons (Fsp3) is 0.375. The Hall–Kier alpha value is -1.84. The van der Waals surface area contributed by atoms with Crippen molar-refractivity contribution in [2.75, 3.05) is 0 Å². The van der Waals surface area contributed by atoms with Gasteiger partial charge in [-0.25, -0.2) is 18.7 Å². The molecule has 20 heavy (non-hydrogen) atoms. The maximum absolute atomic E-state index is 12.9. The molecule has 2 rings (SSSR count). The summed E-state index contributed by atoms with van der Waals surface area (Å²) >= 11 is 0. The summed E-state index contributed by atoms with van der Waals surface area (Å²) < 4.78 is 25.9. The molecule has 0 spiro atoms. The molecule has 0 aliphatic heterocycles. The molecule has 106 valence electrons. The molecule has 2 nitrogen and oxygen atoms in total. The summed E-state index contributed by atoms with van der Waals surface area (Å²) in [6.07, 6.45) is 1.29. The molecule has 0 fully saturated rings. The topological polar surface area (TPSA) is 25.8 Å². The van der Waals surface area contributed by atoms with Gasteiger partial charge in [-0.2, -0.15) is 0 Å². The number of hydrogen-bond acceptors (Lipinski definition) is 2. The zero-order valence-corrected chi connectivity index (χ0v) is 11.5. The number of halogens is 2. The van der Waals surface area contributed by atoms with Crippen molar-refractivity contribution in [3.05, 3.63) is 47.8 Å². The minimum Gasteiger partial charge on any atom is -0.233 e. The van der Waals surface area contributed by atoms with E-state index in [9.17, 15) is 8.78 Å². The van der Waals surface area contributed by atoms with Gasteiger partial charge in [-0.1, -0.05) is 50.1 Å². The highest BCUT2D eigenvalue weighted by molar-refractivity contribution is 5.54. The van der Waals surface area contributed by atoms with E-state index >= 15 is 0 Å². The second-order valence-corrected chi connectivity index (χ2v) is 4.73. The SMILES string of the molecule is CCCCCc1cc(C(F)F)nc(-c2ccccc2)n1. The van der Waals surface area contributed by atoms with Crippen LogP contribution in [0.4, 0.5) is 8.78 Å². The molecule has 0 bridgehead atoms. The van der Waals surface area contributed by atoms with Crippen molar-refractivity contribution in [3.63, 3.8) is 0 Å². The van der Waals surface area contributed by atoms with Crippen molar-refractivity contribution in [3.8, 4) is 11.4 Å². The Bertz CT molecular complexity index is 541. The number of hydrogen-bond donors (Lipinski definition) is 0. The Morgan fingerprint density at radius 1 is 1.05 bits per heavy atom. The van der Waals surface area contributed by atoms with Crippen molar-refractivity contribution in [1.29, 1.82) is 0 Å². The first-order valence-corrected chi connectivity index (χ1v) is 6.92. The first-order chi connectivity index (χ1) is 9.70. The highest BCUT2D eigenvalue weighted by Crippen LogP contribution is 2.22. The third kappa shape index (κ3) is 3.83. The predicted octanol–water partition coefficient (Wildman–Crippen LogP) is 4.81. The fourth-order valence-electron chi connectivity index (χ4n) is 2.03. The molecule has 0 atom stereocenters. The molecule has 0 saturated heterocycles. The van der Waals surface area contributed by atoms with E-state index in [1.165, 1.54) is 6.07 Å². The van der Waals surface area contributed by atoms with Gasteiger partial charge in [-0.05, 0) is 18.9 Å². The number of rotatable bonds is 6. The molecular formula is C16H18F2N2. The lowest BCUT2D eigenvalue weighted by Crippen LogP contribution is -2.01. The van der Waals surface area contributed by atoms with Gasteiger partial charge < -0.3 is 0 Å². The van der Waals surface area contributed by atoms with Gasteiger partial charge in [0, 0.05) is 11.3 Å². The lowest BCUT2D eigenvalue weighted by atomic mass is 10.1. The van der Waals surface area contributed by atoms with E-state index < -0.39 is 6.43 Å². The lowest BCUT2D eigenvalue weighted by molar-refractivity contribution is 0.146. The molecule has 1 heterocycles. The van der Waals surface area contributed by atoms with Crippen molar-refractivity contribution >= 4 is 0 Å². The molecular weight excluding hydrogens is 258 g/mol. The highest BCUT2D eigenvalue weighted by atomic mass is 19.3. The molecule has 2 aromatic rings. The van der Waals surface area contributed by atoms with E-state index in [2.05, 4.69) is 16.9 Å². The smallest absolute Gasteiger partial charge is 0.233 e. The van der Waals surface area contributed by atoms with Crippen molar-refractivity contribution in [2.45, 2.75) is 39.0 Å². The number of aryl methyl sites for hydroxylation is 1. The molecule has 0 amide bonds. The Morgan fingerprint density at radius 2 is 1.80 bits per heavy atom. The summed E-state index contributed by atoms with van der Waals surface area (Å²) in [5, 5.41) is 0. The van der Waals surface area contributed by atoms with E-state index in [0.29, 0.717) is 11.5 Å². The zero-order valence-electron chi connectivity index (χ0n) is 11.5. The molecule has 0 N–H and O–H groups in total. The van der Waals surface area contributed by atoms with Gasteiger partial charge >= 0.3 is 0 Å². The van der Waals surface area contributed by atoms with Crippen LogP contribution in [0.1, 0.15) is 44.0 Å². The highest BCUT2D eigenvalue weighted by Gasteiger charge is 2.13. The number of alkyl halides is 2. The van der Waals surface area contributed by atoms with Crippen LogP contribution in [0, 0.1) is 0 Å². The van der Waals surface area contributed by atoms with Crippen LogP contribution in [-0.4, -0.2) is 9.97 Å². The van der Waals surface area contributed by atoms with Crippen molar-refractivity contribution in [1.82, 2.24) is 9.97 Å². The summed E-state index contributed by atoms with van der Waals surface area (Å²) in [4.78, 5) is 8.38. The summed E-state index contributed by atoms with van der Waals surface area (Å²) in [6.45, 7) is 2.11. The van der Waals surface area contributed by atoms with E-state index in [0.717, 1.165) is 31.2 Å². The average Bonchev–Trinajstić information content (AvgIpc) is 2.48. The van der Waals surface area contributed by atoms with E-state index in [-0.39, 0.29) is 5.69 Å². The van der Waals surface area contributed by atoms with E-state index in [4.69, 9.17) is 0 Å². The van der Waals surface area contributed by atoms with Crippen LogP contribution in [0.25, 0.3) is 11.4 Å². The summed E-state index contributed by atoms with van der Waals surface area (Å²) in [5.74, 6) is 0.384. The Kier molecular flexibility index (Phi) is 5.16. The molecule has 1 aromatic carbocycles. The molecule has 0 aliphatic carbocycles. The van der Waals surface area contributed by atoms with Gasteiger partial charge in [0.05, 0.1) is 0 Å². The molecule has 1 aromatic heterocycles. The number of nitrogens with zero attached hydrogens (tertiary/aromatic N) is 2. The van der Waals surface area contributed by atoms with Crippen molar-refractivity contribution < 1.29 is 8.78 Å². The zero-order chi connectivity index (χ0) is 14.4. The van der Waals surface area contributed by atoms with Crippen LogP contribution in [0.3, 0.4) is 0 Å². The lowest BCUT2D eigenvalue weighted by Gasteiger charge is -2.08. The largest absolute Gasteiger partial charge is 0.280 e. The molecule has 0 radical (unpaired) electrons. The van der Waals surface area contributed by atoms with Crippen LogP contribution < -0.4 is 0 Å². The van der Waals surface area contributed by atoms with E-state index in [1.54, 1.807) is 0 Å². The van der Waals surface area contributed by atoms with Gasteiger partial charge in [0.2, 0.25) is 0 Å². The van der Waals surface area contributed by atoms with Gasteiger partial charge in [0.1, 0.15) is 5.69 Å². The molecule has 0 unspecified atom stereocenters. The number of unbranched alkanes of at least 4 members (excludes halogenated alkanes) is 2. The van der Waals surface area contributed by atoms with Gasteiger partial charge in [0.15, 0.2) is 5.82 Å². The summed E-state index contributed by atoms with van der Waals surface area (Å²) in [6, 6.07) is 10.7. The maximum atomic E-state index is 12.9. The predicted molar refractivity (Wildman–Crippen MR) is 75.7 cm³/mol. The molecule has 0 aliphatic rings. The summed E-state index contributed by atoms with van der Waals surface area (Å²) in [5.41, 5.74) is 1.28. The second-order valence-electron chi connectivity index (χ2n) is 4.73.